The number of piperidine rings is 1. The standard InChI is InChI=1S/C35H46N6O5Si/c1-5-17-41-30-14-13-26(37-33(43)25-12-9-16-36-20-25)19-28(30)35(34(41)44)23(2)32(47(3,4)45)31(46-35)15-18-40-21-29(38-39-40)27(22-42)24-10-7-6-8-11-24/h5-8,10-11,13-14,19,21,23,25,27,31-32,36,42,45H,1,9,12,15-18,20,22H2,2-4H3,(H,37,43)/t23-,25?,27?,31+,32-,35+/m0/s1. The van der Waals surface area contributed by atoms with E-state index >= 15 is 0 Å². The number of carbonyl (C=O) groups excluding carboxylic acids is 2. The van der Waals surface area contributed by atoms with Crippen LogP contribution in [0.1, 0.15) is 48.9 Å². The van der Waals surface area contributed by atoms with E-state index in [-0.39, 0.29) is 41.7 Å². The maximum Gasteiger partial charge on any atom is 0.264 e. The predicted molar refractivity (Wildman–Crippen MR) is 182 cm³/mol. The van der Waals surface area contributed by atoms with E-state index in [1.807, 2.05) is 74.7 Å². The maximum absolute atomic E-state index is 14.4. The Morgan fingerprint density at radius 2 is 2.06 bits per heavy atom. The van der Waals surface area contributed by atoms with Gasteiger partial charge in [0.25, 0.3) is 5.91 Å². The molecule has 1 spiro atoms. The van der Waals surface area contributed by atoms with Gasteiger partial charge in [0.05, 0.1) is 35.9 Å². The lowest BCUT2D eigenvalue weighted by molar-refractivity contribution is -0.145. The highest BCUT2D eigenvalue weighted by Crippen LogP contribution is 2.60. The second-order valence-electron chi connectivity index (χ2n) is 13.7. The number of anilines is 2. The van der Waals surface area contributed by atoms with Gasteiger partial charge in [-0.05, 0) is 62.7 Å². The molecule has 47 heavy (non-hydrogen) atoms. The SMILES string of the molecule is C=CCN1C(=O)[C@]2(O[C@H](CCn3cc(C(CO)c4ccccc4)nn3)[C@@H]([Si](C)(C)O)[C@@H]2C)c2cc(NC(=O)C3CCCNC3)ccc21. The molecule has 6 atom stereocenters. The number of amides is 2. The van der Waals surface area contributed by atoms with E-state index in [9.17, 15) is 19.5 Å². The van der Waals surface area contributed by atoms with Crippen LogP contribution < -0.4 is 15.5 Å². The number of aliphatic hydroxyl groups excluding tert-OH is 1. The van der Waals surface area contributed by atoms with Crippen LogP contribution >= 0.6 is 0 Å². The fourth-order valence-corrected chi connectivity index (χ4v) is 10.6. The summed E-state index contributed by atoms with van der Waals surface area (Å²) in [6.45, 7) is 11.9. The summed E-state index contributed by atoms with van der Waals surface area (Å²) in [5, 5.41) is 25.2. The first-order valence-corrected chi connectivity index (χ1v) is 19.7. The third kappa shape index (κ3) is 6.20. The molecule has 6 rings (SSSR count). The Labute approximate surface area is 277 Å². The zero-order chi connectivity index (χ0) is 33.3. The van der Waals surface area contributed by atoms with Crippen molar-refractivity contribution in [3.8, 4) is 0 Å². The Morgan fingerprint density at radius 1 is 1.28 bits per heavy atom. The summed E-state index contributed by atoms with van der Waals surface area (Å²) in [4.78, 5) is 40.9. The number of ether oxygens (including phenoxy) is 1. The van der Waals surface area contributed by atoms with Gasteiger partial charge in [0.1, 0.15) is 0 Å². The second-order valence-corrected chi connectivity index (χ2v) is 17.6. The highest BCUT2D eigenvalue weighted by molar-refractivity contribution is 6.71. The third-order valence-electron chi connectivity index (χ3n) is 10.2. The van der Waals surface area contributed by atoms with Gasteiger partial charge in [-0.1, -0.05) is 48.5 Å². The molecule has 4 heterocycles. The first-order valence-electron chi connectivity index (χ1n) is 16.6. The zero-order valence-electron chi connectivity index (χ0n) is 27.4. The van der Waals surface area contributed by atoms with Crippen molar-refractivity contribution in [2.75, 3.05) is 36.5 Å². The van der Waals surface area contributed by atoms with Crippen molar-refractivity contribution in [1.29, 1.82) is 0 Å². The zero-order valence-corrected chi connectivity index (χ0v) is 28.4. The van der Waals surface area contributed by atoms with Crippen LogP contribution in [0, 0.1) is 11.8 Å². The molecule has 0 radical (unpaired) electrons. The molecule has 12 heteroatoms. The molecule has 250 valence electrons. The number of hydrogen-bond donors (Lipinski definition) is 4. The fourth-order valence-electron chi connectivity index (χ4n) is 7.95. The van der Waals surface area contributed by atoms with Gasteiger partial charge in [-0.3, -0.25) is 14.3 Å². The molecule has 2 aromatic carbocycles. The van der Waals surface area contributed by atoms with E-state index in [4.69, 9.17) is 4.74 Å². The summed E-state index contributed by atoms with van der Waals surface area (Å²) in [6.07, 6.45) is 5.40. The van der Waals surface area contributed by atoms with E-state index in [1.165, 1.54) is 0 Å². The van der Waals surface area contributed by atoms with E-state index in [2.05, 4.69) is 27.5 Å². The molecule has 2 fully saturated rings. The van der Waals surface area contributed by atoms with E-state index in [0.29, 0.717) is 43.0 Å². The molecule has 0 aliphatic carbocycles. The van der Waals surface area contributed by atoms with Crippen LogP contribution in [0.5, 0.6) is 0 Å². The predicted octanol–water partition coefficient (Wildman–Crippen LogP) is 3.76. The molecule has 0 saturated carbocycles. The number of aliphatic hydroxyl groups is 1. The molecule has 2 amide bonds. The monoisotopic (exact) mass is 658 g/mol. The van der Waals surface area contributed by atoms with Crippen molar-refractivity contribution in [2.24, 2.45) is 11.8 Å². The number of carbonyl (C=O) groups is 2. The van der Waals surface area contributed by atoms with Crippen LogP contribution in [0.15, 0.2) is 67.4 Å². The summed E-state index contributed by atoms with van der Waals surface area (Å²) < 4.78 is 8.69. The average molecular weight is 659 g/mol. The molecular formula is C35H46N6O5Si. The number of hydrogen-bond acceptors (Lipinski definition) is 8. The fraction of sp³-hybridized carbons (Fsp3) is 0.486. The van der Waals surface area contributed by atoms with Gasteiger partial charge in [-0.2, -0.15) is 0 Å². The minimum Gasteiger partial charge on any atom is -0.432 e. The molecule has 2 unspecified atom stereocenters. The molecule has 3 aliphatic heterocycles. The summed E-state index contributed by atoms with van der Waals surface area (Å²) in [5.41, 5.74) is 2.10. The quantitative estimate of drug-likeness (QED) is 0.180. The lowest BCUT2D eigenvalue weighted by Gasteiger charge is -2.32. The van der Waals surface area contributed by atoms with Crippen LogP contribution in [0.2, 0.25) is 18.6 Å². The Balaban J connectivity index is 1.29. The minimum absolute atomic E-state index is 0.0404. The smallest absolute Gasteiger partial charge is 0.264 e. The minimum atomic E-state index is -2.87. The number of nitrogens with one attached hydrogen (secondary N) is 2. The highest BCUT2D eigenvalue weighted by atomic mass is 28.4. The number of aromatic nitrogens is 3. The molecule has 1 aromatic heterocycles. The van der Waals surface area contributed by atoms with E-state index < -0.39 is 20.0 Å². The molecule has 11 nitrogen and oxygen atoms in total. The van der Waals surface area contributed by atoms with Gasteiger partial charge in [0, 0.05) is 48.5 Å². The molecule has 4 N–H and O–H groups in total. The first kappa shape index (κ1) is 33.2. The largest absolute Gasteiger partial charge is 0.432 e. The van der Waals surface area contributed by atoms with Crippen molar-refractivity contribution in [3.63, 3.8) is 0 Å². The Bertz CT molecular complexity index is 1600. The molecule has 3 aromatic rings. The van der Waals surface area contributed by atoms with Gasteiger partial charge in [0.15, 0.2) is 13.9 Å². The summed E-state index contributed by atoms with van der Waals surface area (Å²) in [7, 11) is -2.87. The first-order chi connectivity index (χ1) is 22.6. The van der Waals surface area contributed by atoms with Gasteiger partial charge >= 0.3 is 0 Å². The average Bonchev–Trinajstić information content (AvgIpc) is 3.72. The second kappa shape index (κ2) is 13.4. The number of aryl methyl sites for hydroxylation is 1. The van der Waals surface area contributed by atoms with Gasteiger partial charge in [0.2, 0.25) is 5.91 Å². The van der Waals surface area contributed by atoms with Crippen LogP contribution in [0.4, 0.5) is 11.4 Å². The van der Waals surface area contributed by atoms with Crippen LogP contribution in [-0.4, -0.2) is 77.4 Å². The number of rotatable bonds is 11. The van der Waals surface area contributed by atoms with Crippen molar-refractivity contribution in [1.82, 2.24) is 20.3 Å². The number of benzene rings is 2. The van der Waals surface area contributed by atoms with Crippen molar-refractivity contribution >= 4 is 31.5 Å². The summed E-state index contributed by atoms with van der Waals surface area (Å²) in [5.74, 6) is -0.959. The van der Waals surface area contributed by atoms with Crippen LogP contribution in [-0.2, 0) is 26.5 Å². The maximum atomic E-state index is 14.4. The van der Waals surface area contributed by atoms with Gasteiger partial charge < -0.3 is 30.2 Å². The molecule has 0 bridgehead atoms. The van der Waals surface area contributed by atoms with Gasteiger partial charge in [-0.25, -0.2) is 0 Å². The van der Waals surface area contributed by atoms with E-state index in [1.54, 1.807) is 15.7 Å². The Kier molecular flexibility index (Phi) is 9.50. The lowest BCUT2D eigenvalue weighted by atomic mass is 9.82. The Morgan fingerprint density at radius 3 is 2.74 bits per heavy atom. The van der Waals surface area contributed by atoms with E-state index in [0.717, 1.165) is 30.6 Å². The molecular weight excluding hydrogens is 613 g/mol. The van der Waals surface area contributed by atoms with Crippen molar-refractivity contribution in [2.45, 2.75) is 69.0 Å². The topological polar surface area (TPSA) is 142 Å². The summed E-state index contributed by atoms with van der Waals surface area (Å²) in [6, 6.07) is 15.3. The molecule has 3 aliphatic rings. The van der Waals surface area contributed by atoms with Crippen molar-refractivity contribution in [3.05, 3.63) is 84.2 Å². The van der Waals surface area contributed by atoms with Crippen molar-refractivity contribution < 1.29 is 24.2 Å². The Hall–Kier alpha value is -3.68. The highest BCUT2D eigenvalue weighted by Gasteiger charge is 2.66. The number of fused-ring (bicyclic) bond motifs is 2. The van der Waals surface area contributed by atoms with Gasteiger partial charge in [-0.15, -0.1) is 11.7 Å². The summed E-state index contributed by atoms with van der Waals surface area (Å²) >= 11 is 0. The lowest BCUT2D eigenvalue weighted by Crippen LogP contribution is -2.46. The van der Waals surface area contributed by atoms with Crippen LogP contribution in [0.25, 0.3) is 0 Å². The normalized spacial score (nSPS) is 26.4. The number of nitrogens with zero attached hydrogens (tertiary/aromatic N) is 4. The molecule has 2 saturated heterocycles. The van der Waals surface area contributed by atoms with Crippen LogP contribution in [0.3, 0.4) is 0 Å². The third-order valence-corrected chi connectivity index (χ3v) is 12.7.